The standard InChI is InChI=1S/C20H35N5O10S/c1-9(20(34)35)22-17(31)12(4-5-14(28)29)23-18(32)13(8-26)24-19(33)15(10(2)27)25-16(30)11(21)6-7-36-3/h9-13,15,26-27H,4-8,21H2,1-3H3,(H,22,31)(H,23,32)(H,24,33)(H,25,30)(H,28,29)(H,34,35)/t9-,10+,11-,12-,13-,15-/m0/s1. The molecular weight excluding hydrogens is 502 g/mol. The smallest absolute Gasteiger partial charge is 0.325 e. The Labute approximate surface area is 211 Å². The van der Waals surface area contributed by atoms with Crippen LogP contribution in [0.25, 0.3) is 0 Å². The van der Waals surface area contributed by atoms with Gasteiger partial charge in [-0.25, -0.2) is 0 Å². The Bertz CT molecular complexity index is 797. The molecule has 0 aliphatic carbocycles. The van der Waals surface area contributed by atoms with Gasteiger partial charge >= 0.3 is 11.9 Å². The van der Waals surface area contributed by atoms with Crippen molar-refractivity contribution in [3.63, 3.8) is 0 Å². The second-order valence-electron chi connectivity index (χ2n) is 7.92. The predicted octanol–water partition coefficient (Wildman–Crippen LogP) is -3.65. The Balaban J connectivity index is 5.41. The zero-order valence-corrected chi connectivity index (χ0v) is 21.0. The lowest BCUT2D eigenvalue weighted by Crippen LogP contribution is -2.61. The van der Waals surface area contributed by atoms with E-state index in [1.807, 2.05) is 6.26 Å². The number of aliphatic hydroxyl groups excluding tert-OH is 2. The number of amides is 4. The van der Waals surface area contributed by atoms with Crippen molar-refractivity contribution < 1.29 is 49.2 Å². The Morgan fingerprint density at radius 2 is 1.39 bits per heavy atom. The van der Waals surface area contributed by atoms with Gasteiger partial charge in [0, 0.05) is 6.42 Å². The SMILES string of the molecule is CSCC[C@H](N)C(=O)N[C@H](C(=O)N[C@@H](CO)C(=O)N[C@@H](CCC(=O)O)C(=O)N[C@@H](C)C(=O)O)[C@@H](C)O. The molecule has 6 atom stereocenters. The fraction of sp³-hybridized carbons (Fsp3) is 0.700. The second-order valence-corrected chi connectivity index (χ2v) is 8.91. The van der Waals surface area contributed by atoms with Gasteiger partial charge in [0.2, 0.25) is 23.6 Å². The van der Waals surface area contributed by atoms with Crippen molar-refractivity contribution in [2.24, 2.45) is 5.73 Å². The van der Waals surface area contributed by atoms with E-state index in [0.29, 0.717) is 12.2 Å². The van der Waals surface area contributed by atoms with Crippen LogP contribution in [-0.2, 0) is 28.8 Å². The maximum absolute atomic E-state index is 12.6. The van der Waals surface area contributed by atoms with E-state index < -0.39 is 91.3 Å². The summed E-state index contributed by atoms with van der Waals surface area (Å²) >= 11 is 1.46. The van der Waals surface area contributed by atoms with Gasteiger partial charge < -0.3 is 47.4 Å². The summed E-state index contributed by atoms with van der Waals surface area (Å²) in [5.41, 5.74) is 5.75. The number of carboxylic acid groups (broad SMARTS) is 2. The third-order valence-electron chi connectivity index (χ3n) is 4.86. The lowest BCUT2D eigenvalue weighted by atomic mass is 10.1. The molecule has 0 unspecified atom stereocenters. The van der Waals surface area contributed by atoms with Crippen LogP contribution in [0.2, 0.25) is 0 Å². The van der Waals surface area contributed by atoms with E-state index in [-0.39, 0.29) is 0 Å². The molecule has 0 aromatic rings. The molecular formula is C20H35N5O10S. The highest BCUT2D eigenvalue weighted by molar-refractivity contribution is 7.98. The minimum absolute atomic E-state index is 0.309. The molecule has 0 radical (unpaired) electrons. The van der Waals surface area contributed by atoms with Gasteiger partial charge in [0.15, 0.2) is 0 Å². The van der Waals surface area contributed by atoms with Gasteiger partial charge in [-0.05, 0) is 38.7 Å². The predicted molar refractivity (Wildman–Crippen MR) is 128 cm³/mol. The third kappa shape index (κ3) is 12.1. The van der Waals surface area contributed by atoms with E-state index in [2.05, 4.69) is 21.3 Å². The van der Waals surface area contributed by atoms with Crippen LogP contribution in [0, 0.1) is 0 Å². The molecule has 4 amide bonds. The molecule has 15 nitrogen and oxygen atoms in total. The Hall–Kier alpha value is -2.95. The zero-order chi connectivity index (χ0) is 28.0. The molecule has 0 saturated carbocycles. The number of aliphatic carboxylic acids is 2. The van der Waals surface area contributed by atoms with E-state index in [9.17, 15) is 39.0 Å². The summed E-state index contributed by atoms with van der Waals surface area (Å²) in [5, 5.41) is 46.1. The van der Waals surface area contributed by atoms with Crippen molar-refractivity contribution in [3.8, 4) is 0 Å². The van der Waals surface area contributed by atoms with E-state index in [1.54, 1.807) is 0 Å². The average Bonchev–Trinajstić information content (AvgIpc) is 2.80. The molecule has 36 heavy (non-hydrogen) atoms. The molecule has 206 valence electrons. The maximum atomic E-state index is 12.6. The first-order valence-electron chi connectivity index (χ1n) is 10.9. The van der Waals surface area contributed by atoms with Crippen LogP contribution in [0.1, 0.15) is 33.1 Å². The van der Waals surface area contributed by atoms with Crippen LogP contribution in [0.3, 0.4) is 0 Å². The molecule has 0 aliphatic heterocycles. The van der Waals surface area contributed by atoms with Gasteiger partial charge in [-0.2, -0.15) is 11.8 Å². The van der Waals surface area contributed by atoms with E-state index in [0.717, 1.165) is 6.92 Å². The van der Waals surface area contributed by atoms with Crippen molar-refractivity contribution >= 4 is 47.3 Å². The molecule has 16 heteroatoms. The minimum atomic E-state index is -1.65. The van der Waals surface area contributed by atoms with E-state index in [4.69, 9.17) is 15.9 Å². The van der Waals surface area contributed by atoms with Gasteiger partial charge in [0.1, 0.15) is 24.2 Å². The van der Waals surface area contributed by atoms with Crippen molar-refractivity contribution in [3.05, 3.63) is 0 Å². The summed E-state index contributed by atoms with van der Waals surface area (Å²) in [5.74, 6) is -5.90. The number of carboxylic acids is 2. The van der Waals surface area contributed by atoms with Crippen molar-refractivity contribution in [1.29, 1.82) is 0 Å². The normalized spacial score (nSPS) is 15.8. The van der Waals surface area contributed by atoms with E-state index >= 15 is 0 Å². The maximum Gasteiger partial charge on any atom is 0.325 e. The highest BCUT2D eigenvalue weighted by atomic mass is 32.2. The van der Waals surface area contributed by atoms with Gasteiger partial charge in [0.05, 0.1) is 18.8 Å². The Morgan fingerprint density at radius 3 is 1.86 bits per heavy atom. The average molecular weight is 538 g/mol. The van der Waals surface area contributed by atoms with Crippen molar-refractivity contribution in [1.82, 2.24) is 21.3 Å². The largest absolute Gasteiger partial charge is 0.481 e. The first-order chi connectivity index (χ1) is 16.7. The van der Waals surface area contributed by atoms with Crippen LogP contribution in [-0.4, -0.2) is 111 Å². The molecule has 0 rings (SSSR count). The first-order valence-corrected chi connectivity index (χ1v) is 12.3. The molecule has 0 aliphatic rings. The number of hydrogen-bond acceptors (Lipinski definition) is 10. The van der Waals surface area contributed by atoms with Crippen LogP contribution in [0.5, 0.6) is 0 Å². The fourth-order valence-corrected chi connectivity index (χ4v) is 3.17. The highest BCUT2D eigenvalue weighted by Crippen LogP contribution is 2.03. The molecule has 0 spiro atoms. The summed E-state index contributed by atoms with van der Waals surface area (Å²) < 4.78 is 0. The third-order valence-corrected chi connectivity index (χ3v) is 5.50. The summed E-state index contributed by atoms with van der Waals surface area (Å²) in [6.07, 6.45) is -0.243. The molecule has 0 heterocycles. The lowest BCUT2D eigenvalue weighted by Gasteiger charge is -2.26. The fourth-order valence-electron chi connectivity index (χ4n) is 2.68. The Morgan fingerprint density at radius 1 is 0.833 bits per heavy atom. The van der Waals surface area contributed by atoms with Gasteiger partial charge in [-0.1, -0.05) is 0 Å². The first kappa shape index (κ1) is 33.0. The number of carbonyl (C=O) groups is 6. The molecule has 10 N–H and O–H groups in total. The van der Waals surface area contributed by atoms with Crippen LogP contribution in [0.15, 0.2) is 0 Å². The van der Waals surface area contributed by atoms with Crippen LogP contribution < -0.4 is 27.0 Å². The molecule has 0 aromatic carbocycles. The lowest BCUT2D eigenvalue weighted by molar-refractivity contribution is -0.142. The number of nitrogens with two attached hydrogens (primary N) is 1. The quantitative estimate of drug-likeness (QED) is 0.0870. The summed E-state index contributed by atoms with van der Waals surface area (Å²) in [6.45, 7) is 1.41. The monoisotopic (exact) mass is 537 g/mol. The van der Waals surface area contributed by atoms with Gasteiger partial charge in [0.25, 0.3) is 0 Å². The van der Waals surface area contributed by atoms with Crippen molar-refractivity contribution in [2.75, 3.05) is 18.6 Å². The summed E-state index contributed by atoms with van der Waals surface area (Å²) in [6, 6.07) is -6.97. The van der Waals surface area contributed by atoms with Gasteiger partial charge in [-0.15, -0.1) is 0 Å². The second kappa shape index (κ2) is 16.7. The molecule has 0 fully saturated rings. The number of hydrogen-bond donors (Lipinski definition) is 9. The topological polar surface area (TPSA) is 257 Å². The summed E-state index contributed by atoms with van der Waals surface area (Å²) in [7, 11) is 0. The Kier molecular flexibility index (Phi) is 15.3. The number of thioether (sulfide) groups is 1. The number of rotatable bonds is 17. The van der Waals surface area contributed by atoms with Crippen LogP contribution >= 0.6 is 11.8 Å². The zero-order valence-electron chi connectivity index (χ0n) is 20.2. The molecule has 0 bridgehead atoms. The number of carbonyl (C=O) groups excluding carboxylic acids is 4. The van der Waals surface area contributed by atoms with Crippen molar-refractivity contribution in [2.45, 2.75) is 69.4 Å². The minimum Gasteiger partial charge on any atom is -0.481 e. The molecule has 0 aromatic heterocycles. The number of aliphatic hydroxyl groups is 2. The van der Waals surface area contributed by atoms with E-state index in [1.165, 1.54) is 18.7 Å². The summed E-state index contributed by atoms with van der Waals surface area (Å²) in [4.78, 5) is 71.8. The molecule has 0 saturated heterocycles. The van der Waals surface area contributed by atoms with Gasteiger partial charge in [-0.3, -0.25) is 28.8 Å². The highest BCUT2D eigenvalue weighted by Gasteiger charge is 2.32. The number of nitrogens with one attached hydrogen (secondary N) is 4. The van der Waals surface area contributed by atoms with Crippen LogP contribution in [0.4, 0.5) is 0 Å².